The van der Waals surface area contributed by atoms with Crippen LogP contribution in [0.1, 0.15) is 42.3 Å². The summed E-state index contributed by atoms with van der Waals surface area (Å²) in [5.41, 5.74) is 0.613. The van der Waals surface area contributed by atoms with Crippen molar-refractivity contribution >= 4 is 17.0 Å². The van der Waals surface area contributed by atoms with Crippen LogP contribution in [0.4, 0.5) is 17.6 Å². The van der Waals surface area contributed by atoms with E-state index < -0.39 is 36.1 Å². The Kier molecular flexibility index (Phi) is 5.22. The Balaban J connectivity index is 1.99. The zero-order chi connectivity index (χ0) is 21.6. The van der Waals surface area contributed by atoms with Crippen LogP contribution in [-0.2, 0) is 6.42 Å². The van der Waals surface area contributed by atoms with Crippen LogP contribution in [-0.4, -0.2) is 34.8 Å². The Morgan fingerprint density at radius 1 is 1.20 bits per heavy atom. The first kappa shape index (κ1) is 20.7. The molecule has 2 nitrogen and oxygen atoms in total. The van der Waals surface area contributed by atoms with Gasteiger partial charge in [-0.2, -0.15) is 0 Å². The average Bonchev–Trinajstić information content (AvgIpc) is 3.05. The number of hydrogen-bond acceptors (Lipinski definition) is 1. The van der Waals surface area contributed by atoms with E-state index in [-0.39, 0.29) is 12.1 Å². The highest BCUT2D eigenvalue weighted by atomic mass is 19.1. The molecule has 0 spiro atoms. The number of nitrogens with one attached hydrogen (secondary N) is 1. The number of H-pyrrole nitrogens is 1. The molecule has 0 bridgehead atoms. The molecule has 0 fully saturated rings. The number of aromatic amines is 1. The van der Waals surface area contributed by atoms with E-state index in [2.05, 4.69) is 11.6 Å². The minimum atomic E-state index is -1.68. The number of fused-ring (bicyclic) bond motifs is 3. The lowest BCUT2D eigenvalue weighted by Crippen LogP contribution is -2.50. The maximum atomic E-state index is 15.2. The molecule has 3 aromatic rings. The van der Waals surface area contributed by atoms with Crippen LogP contribution in [0.25, 0.3) is 17.0 Å². The number of benzene rings is 2. The van der Waals surface area contributed by atoms with Gasteiger partial charge in [-0.15, -0.1) is 0 Å². The van der Waals surface area contributed by atoms with Crippen LogP contribution in [0.3, 0.4) is 0 Å². The summed E-state index contributed by atoms with van der Waals surface area (Å²) in [7, 11) is 0. The number of aromatic nitrogens is 1. The molecule has 2 unspecified atom stereocenters. The summed E-state index contributed by atoms with van der Waals surface area (Å²) in [5.74, 6) is -1.53. The van der Waals surface area contributed by atoms with Gasteiger partial charge in [0.25, 0.3) is 0 Å². The largest absolute Gasteiger partial charge is 0.357 e. The Labute approximate surface area is 173 Å². The SMILES string of the molecule is C=Cc1cc(F)c(C2c3[nH]c4ccccc4c3CC(CF)N2CC(C)(C)F)c(F)c1. The molecule has 2 heterocycles. The van der Waals surface area contributed by atoms with Crippen LogP contribution in [0.5, 0.6) is 0 Å². The van der Waals surface area contributed by atoms with Crippen molar-refractivity contribution in [3.8, 4) is 0 Å². The zero-order valence-electron chi connectivity index (χ0n) is 17.0. The number of halogens is 4. The van der Waals surface area contributed by atoms with Crippen LogP contribution in [0.2, 0.25) is 0 Å². The van der Waals surface area contributed by atoms with Crippen LogP contribution in [0, 0.1) is 11.6 Å². The Morgan fingerprint density at radius 3 is 2.47 bits per heavy atom. The fraction of sp³-hybridized carbons (Fsp3) is 0.333. The quantitative estimate of drug-likeness (QED) is 0.496. The van der Waals surface area contributed by atoms with E-state index in [1.54, 1.807) is 4.90 Å². The first-order chi connectivity index (χ1) is 14.2. The summed E-state index contributed by atoms with van der Waals surface area (Å²) in [5, 5.41) is 0.888. The molecule has 0 aliphatic carbocycles. The van der Waals surface area contributed by atoms with Crippen molar-refractivity contribution in [1.29, 1.82) is 0 Å². The first-order valence-corrected chi connectivity index (χ1v) is 9.95. The molecular weight excluding hydrogens is 392 g/mol. The van der Waals surface area contributed by atoms with Gasteiger partial charge >= 0.3 is 0 Å². The third-order valence-electron chi connectivity index (χ3n) is 5.71. The van der Waals surface area contributed by atoms with Crippen molar-refractivity contribution in [3.05, 3.63) is 77.0 Å². The molecule has 1 aliphatic rings. The van der Waals surface area contributed by atoms with E-state index in [1.165, 1.54) is 32.1 Å². The average molecular weight is 416 g/mol. The number of para-hydroxylation sites is 1. The van der Waals surface area contributed by atoms with E-state index >= 15 is 8.78 Å². The number of hydrogen-bond donors (Lipinski definition) is 1. The molecule has 1 aromatic heterocycles. The maximum absolute atomic E-state index is 15.2. The molecule has 0 saturated carbocycles. The number of alkyl halides is 2. The number of rotatable bonds is 5. The Hall–Kier alpha value is -2.60. The molecular formula is C24H24F4N2. The number of nitrogens with zero attached hydrogens (tertiary/aromatic N) is 1. The minimum absolute atomic E-state index is 0.164. The third kappa shape index (κ3) is 3.54. The monoisotopic (exact) mass is 416 g/mol. The molecule has 4 rings (SSSR count). The van der Waals surface area contributed by atoms with E-state index in [0.29, 0.717) is 17.7 Å². The van der Waals surface area contributed by atoms with E-state index in [0.717, 1.165) is 16.5 Å². The highest BCUT2D eigenvalue weighted by Gasteiger charge is 2.42. The van der Waals surface area contributed by atoms with Gasteiger partial charge < -0.3 is 4.98 Å². The van der Waals surface area contributed by atoms with Gasteiger partial charge in [-0.3, -0.25) is 4.90 Å². The van der Waals surface area contributed by atoms with E-state index in [9.17, 15) is 8.78 Å². The Bertz CT molecular complexity index is 1070. The van der Waals surface area contributed by atoms with Crippen LogP contribution < -0.4 is 0 Å². The maximum Gasteiger partial charge on any atom is 0.131 e. The summed E-state index contributed by atoms with van der Waals surface area (Å²) in [6, 6.07) is 8.22. The summed E-state index contributed by atoms with van der Waals surface area (Å²) in [4.78, 5) is 4.82. The smallest absolute Gasteiger partial charge is 0.131 e. The van der Waals surface area contributed by atoms with Crippen molar-refractivity contribution in [3.63, 3.8) is 0 Å². The van der Waals surface area contributed by atoms with Crippen molar-refractivity contribution in [2.24, 2.45) is 0 Å². The van der Waals surface area contributed by atoms with E-state index in [4.69, 9.17) is 0 Å². The molecule has 0 radical (unpaired) electrons. The second-order valence-electron chi connectivity index (χ2n) is 8.47. The topological polar surface area (TPSA) is 19.0 Å². The predicted octanol–water partition coefficient (Wildman–Crippen LogP) is 6.12. The van der Waals surface area contributed by atoms with Crippen LogP contribution in [0.15, 0.2) is 43.0 Å². The second-order valence-corrected chi connectivity index (χ2v) is 8.47. The molecule has 1 aliphatic heterocycles. The lowest BCUT2D eigenvalue weighted by molar-refractivity contribution is 0.0477. The van der Waals surface area contributed by atoms with Gasteiger partial charge in [-0.05, 0) is 49.6 Å². The van der Waals surface area contributed by atoms with Gasteiger partial charge in [-0.1, -0.05) is 30.9 Å². The van der Waals surface area contributed by atoms with Gasteiger partial charge in [-0.25, -0.2) is 17.6 Å². The first-order valence-electron chi connectivity index (χ1n) is 9.95. The van der Waals surface area contributed by atoms with Crippen LogP contribution >= 0.6 is 0 Å². The van der Waals surface area contributed by atoms with Crippen molar-refractivity contribution in [2.45, 2.75) is 38.0 Å². The molecule has 158 valence electrons. The van der Waals surface area contributed by atoms with Crippen molar-refractivity contribution in [2.75, 3.05) is 13.2 Å². The lowest BCUT2D eigenvalue weighted by Gasteiger charge is -2.43. The van der Waals surface area contributed by atoms with Crippen molar-refractivity contribution in [1.82, 2.24) is 9.88 Å². The summed E-state index contributed by atoms with van der Waals surface area (Å²) < 4.78 is 59.1. The summed E-state index contributed by atoms with van der Waals surface area (Å²) in [6.07, 6.45) is 1.69. The van der Waals surface area contributed by atoms with Gasteiger partial charge in [0.1, 0.15) is 24.0 Å². The molecule has 1 N–H and O–H groups in total. The van der Waals surface area contributed by atoms with E-state index in [1.807, 2.05) is 24.3 Å². The van der Waals surface area contributed by atoms with Crippen molar-refractivity contribution < 1.29 is 17.6 Å². The van der Waals surface area contributed by atoms with Gasteiger partial charge in [0.05, 0.1) is 6.04 Å². The zero-order valence-corrected chi connectivity index (χ0v) is 17.0. The van der Waals surface area contributed by atoms with Gasteiger partial charge in [0.2, 0.25) is 0 Å². The lowest BCUT2D eigenvalue weighted by atomic mass is 9.86. The molecule has 30 heavy (non-hydrogen) atoms. The van der Waals surface area contributed by atoms with Gasteiger partial charge in [0, 0.05) is 34.7 Å². The molecule has 2 atom stereocenters. The fourth-order valence-corrected chi connectivity index (χ4v) is 4.49. The van der Waals surface area contributed by atoms with Gasteiger partial charge in [0.15, 0.2) is 0 Å². The summed E-state index contributed by atoms with van der Waals surface area (Å²) >= 11 is 0. The standard InChI is InChI=1S/C24H24F4N2/c1-4-14-9-18(26)21(19(27)10-14)23-22-17(16-7-5-6-8-20(16)29-22)11-15(12-25)30(23)13-24(2,3)28/h4-10,15,23,29H,1,11-13H2,2-3H3. The Morgan fingerprint density at radius 2 is 1.87 bits per heavy atom. The molecule has 2 aromatic carbocycles. The highest BCUT2D eigenvalue weighted by Crippen LogP contribution is 2.43. The fourth-order valence-electron chi connectivity index (χ4n) is 4.49. The minimum Gasteiger partial charge on any atom is -0.357 e. The molecule has 0 saturated heterocycles. The second kappa shape index (κ2) is 7.58. The normalized spacial score (nSPS) is 19.8. The molecule has 6 heteroatoms. The molecule has 0 amide bonds. The predicted molar refractivity (Wildman–Crippen MR) is 112 cm³/mol. The highest BCUT2D eigenvalue weighted by molar-refractivity contribution is 5.85. The summed E-state index contributed by atoms with van der Waals surface area (Å²) in [6.45, 7) is 5.41. The third-order valence-corrected chi connectivity index (χ3v) is 5.71.